The predicted molar refractivity (Wildman–Crippen MR) is 59.8 cm³/mol. The minimum atomic E-state index is -1.22. The van der Waals surface area contributed by atoms with Gasteiger partial charge >= 0.3 is 0 Å². The molecule has 0 aliphatic heterocycles. The molecule has 0 spiro atoms. The maximum absolute atomic E-state index is 12.9. The minimum absolute atomic E-state index is 0. The van der Waals surface area contributed by atoms with Crippen molar-refractivity contribution in [2.24, 2.45) is 5.73 Å². The average molecular weight is 301 g/mol. The molecule has 0 heterocycles. The van der Waals surface area contributed by atoms with Crippen molar-refractivity contribution in [2.75, 3.05) is 0 Å². The van der Waals surface area contributed by atoms with E-state index < -0.39 is 17.5 Å². The lowest BCUT2D eigenvalue weighted by Crippen LogP contribution is -2.04. The van der Waals surface area contributed by atoms with E-state index in [0.29, 0.717) is 6.07 Å². The third-order valence-corrected chi connectivity index (χ3v) is 2.24. The fourth-order valence-electron chi connectivity index (χ4n) is 0.830. The Morgan fingerprint density at radius 2 is 1.73 bits per heavy atom. The Morgan fingerprint density at radius 3 is 2.27 bits per heavy atom. The summed E-state index contributed by atoms with van der Waals surface area (Å²) in [7, 11) is 0. The van der Waals surface area contributed by atoms with Crippen LogP contribution in [0.25, 0.3) is 0 Å². The SMILES string of the molecule is Br.N=C(N)SCc1cc(F)c(F)cc1F. The van der Waals surface area contributed by atoms with E-state index in [9.17, 15) is 13.2 Å². The number of benzene rings is 1. The van der Waals surface area contributed by atoms with Crippen LogP contribution in [0.15, 0.2) is 12.1 Å². The van der Waals surface area contributed by atoms with Gasteiger partial charge in [0.15, 0.2) is 16.8 Å². The van der Waals surface area contributed by atoms with Gasteiger partial charge in [0.25, 0.3) is 0 Å². The highest BCUT2D eigenvalue weighted by molar-refractivity contribution is 8.93. The molecule has 0 aliphatic carbocycles. The van der Waals surface area contributed by atoms with Gasteiger partial charge in [-0.3, -0.25) is 5.41 Å². The van der Waals surface area contributed by atoms with Gasteiger partial charge in [0, 0.05) is 17.4 Å². The Kier molecular flexibility index (Phi) is 5.74. The molecule has 0 amide bonds. The molecule has 0 bridgehead atoms. The Morgan fingerprint density at radius 1 is 1.20 bits per heavy atom. The van der Waals surface area contributed by atoms with Gasteiger partial charge in [-0.15, -0.1) is 17.0 Å². The van der Waals surface area contributed by atoms with Crippen molar-refractivity contribution >= 4 is 33.9 Å². The summed E-state index contributed by atoms with van der Waals surface area (Å²) in [6, 6.07) is 1.24. The zero-order valence-electron chi connectivity index (χ0n) is 7.39. The number of thioether (sulfide) groups is 1. The van der Waals surface area contributed by atoms with Crippen molar-refractivity contribution in [3.8, 4) is 0 Å². The van der Waals surface area contributed by atoms with Gasteiger partial charge in [0.05, 0.1) is 0 Å². The van der Waals surface area contributed by atoms with Crippen molar-refractivity contribution in [3.63, 3.8) is 0 Å². The summed E-state index contributed by atoms with van der Waals surface area (Å²) in [5, 5.41) is 6.66. The number of nitrogens with two attached hydrogens (primary N) is 1. The molecule has 1 rings (SSSR count). The number of hydrogen-bond acceptors (Lipinski definition) is 2. The first-order valence-electron chi connectivity index (χ1n) is 3.61. The monoisotopic (exact) mass is 300 g/mol. The standard InChI is InChI=1S/C8H7F3N2S.BrH/c9-5-2-7(11)6(10)1-4(5)3-14-8(12)13;/h1-2H,3H2,(H3,12,13);1H. The molecule has 0 radical (unpaired) electrons. The third kappa shape index (κ3) is 4.13. The fourth-order valence-corrected chi connectivity index (χ4v) is 1.36. The minimum Gasteiger partial charge on any atom is -0.379 e. The molecule has 0 atom stereocenters. The molecule has 15 heavy (non-hydrogen) atoms. The van der Waals surface area contributed by atoms with Crippen LogP contribution in [-0.4, -0.2) is 5.17 Å². The number of rotatable bonds is 2. The summed E-state index contributed by atoms with van der Waals surface area (Å²) in [5.41, 5.74) is 5.00. The zero-order valence-corrected chi connectivity index (χ0v) is 9.92. The predicted octanol–water partition coefficient (Wildman–Crippen LogP) is 2.81. The van der Waals surface area contributed by atoms with Crippen molar-refractivity contribution in [2.45, 2.75) is 5.75 Å². The van der Waals surface area contributed by atoms with Gasteiger partial charge in [-0.2, -0.15) is 0 Å². The first kappa shape index (κ1) is 14.3. The van der Waals surface area contributed by atoms with Crippen LogP contribution < -0.4 is 5.73 Å². The lowest BCUT2D eigenvalue weighted by molar-refractivity contribution is 0.492. The van der Waals surface area contributed by atoms with Crippen molar-refractivity contribution < 1.29 is 13.2 Å². The molecule has 3 N–H and O–H groups in total. The molecule has 0 unspecified atom stereocenters. The van der Waals surface area contributed by atoms with E-state index in [1.807, 2.05) is 0 Å². The summed E-state index contributed by atoms with van der Waals surface area (Å²) < 4.78 is 38.1. The summed E-state index contributed by atoms with van der Waals surface area (Å²) in [6.45, 7) is 0. The first-order chi connectivity index (χ1) is 6.50. The van der Waals surface area contributed by atoms with Crippen molar-refractivity contribution in [1.29, 1.82) is 5.41 Å². The number of halogens is 4. The average Bonchev–Trinajstić information content (AvgIpc) is 2.09. The first-order valence-corrected chi connectivity index (χ1v) is 4.59. The topological polar surface area (TPSA) is 49.9 Å². The van der Waals surface area contributed by atoms with Gasteiger partial charge < -0.3 is 5.73 Å². The second-order valence-electron chi connectivity index (χ2n) is 2.51. The Labute approximate surface area is 99.3 Å². The summed E-state index contributed by atoms with van der Waals surface area (Å²) in [6.07, 6.45) is 0. The number of amidine groups is 1. The molecule has 1 aromatic rings. The second-order valence-corrected chi connectivity index (χ2v) is 3.53. The van der Waals surface area contributed by atoms with E-state index >= 15 is 0 Å². The normalized spacial score (nSPS) is 9.53. The molecule has 2 nitrogen and oxygen atoms in total. The molecule has 0 aliphatic rings. The van der Waals surface area contributed by atoms with Gasteiger partial charge in [-0.05, 0) is 6.07 Å². The maximum atomic E-state index is 12.9. The highest BCUT2D eigenvalue weighted by Crippen LogP contribution is 2.18. The van der Waals surface area contributed by atoms with Gasteiger partial charge in [-0.1, -0.05) is 11.8 Å². The highest BCUT2D eigenvalue weighted by Gasteiger charge is 2.09. The van der Waals surface area contributed by atoms with Gasteiger partial charge in [-0.25, -0.2) is 13.2 Å². The van der Waals surface area contributed by atoms with Crippen LogP contribution in [0, 0.1) is 22.9 Å². The molecule has 0 saturated heterocycles. The Bertz CT molecular complexity index is 373. The molecule has 1 aromatic carbocycles. The second kappa shape index (κ2) is 6.02. The Hall–Kier alpha value is -0.690. The number of hydrogen-bond donors (Lipinski definition) is 2. The van der Waals surface area contributed by atoms with Crippen LogP contribution in [-0.2, 0) is 5.75 Å². The molecule has 0 fully saturated rings. The van der Waals surface area contributed by atoms with Crippen molar-refractivity contribution in [3.05, 3.63) is 35.1 Å². The maximum Gasteiger partial charge on any atom is 0.161 e. The van der Waals surface area contributed by atoms with E-state index in [1.54, 1.807) is 0 Å². The molecule has 84 valence electrons. The number of nitrogens with one attached hydrogen (secondary N) is 1. The van der Waals surface area contributed by atoms with E-state index in [-0.39, 0.29) is 33.5 Å². The van der Waals surface area contributed by atoms with E-state index in [1.165, 1.54) is 0 Å². The molecule has 0 aromatic heterocycles. The zero-order chi connectivity index (χ0) is 10.7. The molecule has 0 saturated carbocycles. The molecule has 7 heteroatoms. The van der Waals surface area contributed by atoms with Crippen LogP contribution in [0.5, 0.6) is 0 Å². The molecular weight excluding hydrogens is 293 g/mol. The highest BCUT2D eigenvalue weighted by atomic mass is 79.9. The third-order valence-electron chi connectivity index (χ3n) is 1.47. The summed E-state index contributed by atoms with van der Waals surface area (Å²) in [5.74, 6) is -3.15. The van der Waals surface area contributed by atoms with Crippen molar-refractivity contribution in [1.82, 2.24) is 0 Å². The van der Waals surface area contributed by atoms with Crippen LogP contribution in [0.3, 0.4) is 0 Å². The smallest absolute Gasteiger partial charge is 0.161 e. The van der Waals surface area contributed by atoms with Crippen LogP contribution >= 0.6 is 28.7 Å². The lowest BCUT2D eigenvalue weighted by Gasteiger charge is -2.02. The van der Waals surface area contributed by atoms with Crippen LogP contribution in [0.4, 0.5) is 13.2 Å². The largest absolute Gasteiger partial charge is 0.379 e. The lowest BCUT2D eigenvalue weighted by atomic mass is 10.2. The van der Waals surface area contributed by atoms with Crippen LogP contribution in [0.2, 0.25) is 0 Å². The van der Waals surface area contributed by atoms with Crippen LogP contribution in [0.1, 0.15) is 5.56 Å². The quantitative estimate of drug-likeness (QED) is 0.501. The summed E-state index contributed by atoms with van der Waals surface area (Å²) in [4.78, 5) is 0. The Balaban J connectivity index is 0.00000196. The molecular formula is C8H8BrF3N2S. The van der Waals surface area contributed by atoms with E-state index in [2.05, 4.69) is 0 Å². The van der Waals surface area contributed by atoms with E-state index in [4.69, 9.17) is 11.1 Å². The summed E-state index contributed by atoms with van der Waals surface area (Å²) >= 11 is 0.845. The fraction of sp³-hybridized carbons (Fsp3) is 0.125. The van der Waals surface area contributed by atoms with Gasteiger partial charge in [0.2, 0.25) is 0 Å². The van der Waals surface area contributed by atoms with E-state index in [0.717, 1.165) is 17.8 Å². The van der Waals surface area contributed by atoms with Gasteiger partial charge in [0.1, 0.15) is 5.82 Å².